The number of cyclic esters (lactones) is 1. The van der Waals surface area contributed by atoms with E-state index in [-0.39, 0.29) is 12.1 Å². The van der Waals surface area contributed by atoms with Crippen molar-refractivity contribution in [1.82, 2.24) is 0 Å². The molecule has 0 aliphatic carbocycles. The normalized spacial score (nSPS) is 24.6. The molecule has 1 aliphatic rings. The molecule has 0 aromatic heterocycles. The van der Waals surface area contributed by atoms with Gasteiger partial charge in [0.15, 0.2) is 0 Å². The molecule has 1 heterocycles. The molecule has 0 spiro atoms. The second-order valence-electron chi connectivity index (χ2n) is 4.56. The Balaban J connectivity index is 2.32. The average molecular weight is 212 g/mol. The summed E-state index contributed by atoms with van der Waals surface area (Å²) in [5, 5.41) is 0. The van der Waals surface area contributed by atoms with Gasteiger partial charge in [-0.15, -0.1) is 0 Å². The summed E-state index contributed by atoms with van der Waals surface area (Å²) in [7, 11) is 0. The van der Waals surface area contributed by atoms with Crippen LogP contribution in [0.5, 0.6) is 0 Å². The van der Waals surface area contributed by atoms with Crippen molar-refractivity contribution in [3.8, 4) is 0 Å². The first-order chi connectivity index (χ1) is 7.33. The van der Waals surface area contributed by atoms with Gasteiger partial charge in [0.1, 0.15) is 6.10 Å². The Morgan fingerprint density at radius 1 is 1.20 bits per heavy atom. The van der Waals surface area contributed by atoms with Gasteiger partial charge in [-0.1, -0.05) is 39.0 Å². The van der Waals surface area contributed by atoms with Crippen LogP contribution in [0.15, 0.2) is 0 Å². The number of unbranched alkanes of at least 4 members (excludes halogenated alkanes) is 1. The number of carbonyl (C=O) groups is 1. The quantitative estimate of drug-likeness (QED) is 0.664. The molecule has 0 radical (unpaired) electrons. The van der Waals surface area contributed by atoms with Gasteiger partial charge in [0.25, 0.3) is 0 Å². The Morgan fingerprint density at radius 3 is 2.73 bits per heavy atom. The van der Waals surface area contributed by atoms with Crippen LogP contribution >= 0.6 is 0 Å². The van der Waals surface area contributed by atoms with Crippen LogP contribution in [-0.4, -0.2) is 12.1 Å². The lowest BCUT2D eigenvalue weighted by molar-refractivity contribution is -0.150. The van der Waals surface area contributed by atoms with Gasteiger partial charge in [-0.2, -0.15) is 0 Å². The van der Waals surface area contributed by atoms with Gasteiger partial charge in [0.05, 0.1) is 0 Å². The highest BCUT2D eigenvalue weighted by Gasteiger charge is 2.14. The van der Waals surface area contributed by atoms with Crippen LogP contribution in [0.1, 0.15) is 71.1 Å². The van der Waals surface area contributed by atoms with Gasteiger partial charge in [-0.25, -0.2) is 0 Å². The molecule has 15 heavy (non-hydrogen) atoms. The Labute approximate surface area is 93.4 Å². The van der Waals surface area contributed by atoms with Gasteiger partial charge in [-0.3, -0.25) is 4.79 Å². The van der Waals surface area contributed by atoms with E-state index in [1.807, 2.05) is 0 Å². The fraction of sp³-hybridized carbons (Fsp3) is 0.923. The number of hydrogen-bond acceptors (Lipinski definition) is 2. The van der Waals surface area contributed by atoms with E-state index in [0.29, 0.717) is 6.42 Å². The summed E-state index contributed by atoms with van der Waals surface area (Å²) in [5.74, 6) is 0.0259. The molecule has 88 valence electrons. The van der Waals surface area contributed by atoms with Crippen molar-refractivity contribution in [3.63, 3.8) is 0 Å². The predicted molar refractivity (Wildman–Crippen MR) is 61.7 cm³/mol. The highest BCUT2D eigenvalue weighted by atomic mass is 16.5. The van der Waals surface area contributed by atoms with Crippen molar-refractivity contribution in [2.75, 3.05) is 0 Å². The van der Waals surface area contributed by atoms with E-state index in [1.165, 1.54) is 38.5 Å². The van der Waals surface area contributed by atoms with Crippen LogP contribution in [0.3, 0.4) is 0 Å². The van der Waals surface area contributed by atoms with Crippen LogP contribution in [0, 0.1) is 0 Å². The summed E-state index contributed by atoms with van der Waals surface area (Å²) in [6.45, 7) is 2.18. The maximum atomic E-state index is 11.5. The molecule has 0 bridgehead atoms. The highest BCUT2D eigenvalue weighted by Crippen LogP contribution is 2.18. The Bertz CT molecular complexity index is 177. The molecule has 1 fully saturated rings. The van der Waals surface area contributed by atoms with E-state index in [9.17, 15) is 4.79 Å². The Morgan fingerprint density at radius 2 is 1.93 bits per heavy atom. The topological polar surface area (TPSA) is 26.3 Å². The van der Waals surface area contributed by atoms with Crippen LogP contribution in [0.4, 0.5) is 0 Å². The zero-order valence-electron chi connectivity index (χ0n) is 9.96. The van der Waals surface area contributed by atoms with Crippen molar-refractivity contribution in [2.45, 2.75) is 77.2 Å². The molecule has 1 rings (SSSR count). The zero-order valence-corrected chi connectivity index (χ0v) is 9.96. The molecule has 1 atom stereocenters. The lowest BCUT2D eigenvalue weighted by Crippen LogP contribution is -2.18. The third-order valence-corrected chi connectivity index (χ3v) is 3.08. The molecule has 1 saturated heterocycles. The van der Waals surface area contributed by atoms with Gasteiger partial charge in [-0.05, 0) is 25.7 Å². The second kappa shape index (κ2) is 7.72. The van der Waals surface area contributed by atoms with Crippen molar-refractivity contribution >= 4 is 5.97 Å². The molecule has 0 aromatic rings. The van der Waals surface area contributed by atoms with Gasteiger partial charge >= 0.3 is 5.97 Å². The molecular formula is C13H24O2. The number of esters is 1. The fourth-order valence-corrected chi connectivity index (χ4v) is 2.11. The highest BCUT2D eigenvalue weighted by molar-refractivity contribution is 5.69. The monoisotopic (exact) mass is 212 g/mol. The molecule has 1 unspecified atom stereocenters. The number of ether oxygens (including phenoxy) is 1. The van der Waals surface area contributed by atoms with Crippen molar-refractivity contribution < 1.29 is 9.53 Å². The molecule has 0 amide bonds. The first-order valence-corrected chi connectivity index (χ1v) is 6.52. The summed E-state index contributed by atoms with van der Waals surface area (Å²) >= 11 is 0. The van der Waals surface area contributed by atoms with Gasteiger partial charge < -0.3 is 4.74 Å². The van der Waals surface area contributed by atoms with Crippen LogP contribution in [0.25, 0.3) is 0 Å². The smallest absolute Gasteiger partial charge is 0.306 e. The first-order valence-electron chi connectivity index (χ1n) is 6.52. The molecular weight excluding hydrogens is 188 g/mol. The van der Waals surface area contributed by atoms with E-state index in [1.54, 1.807) is 0 Å². The van der Waals surface area contributed by atoms with E-state index in [0.717, 1.165) is 19.3 Å². The third-order valence-electron chi connectivity index (χ3n) is 3.08. The zero-order chi connectivity index (χ0) is 10.9. The minimum atomic E-state index is 0.0259. The van der Waals surface area contributed by atoms with Crippen LogP contribution in [0.2, 0.25) is 0 Å². The summed E-state index contributed by atoms with van der Waals surface area (Å²) < 4.78 is 5.49. The van der Waals surface area contributed by atoms with E-state index < -0.39 is 0 Å². The lowest BCUT2D eigenvalue weighted by atomic mass is 10.0. The minimum absolute atomic E-state index is 0.0259. The van der Waals surface area contributed by atoms with Crippen molar-refractivity contribution in [1.29, 1.82) is 0 Å². The van der Waals surface area contributed by atoms with Crippen LogP contribution in [-0.2, 0) is 9.53 Å². The van der Waals surface area contributed by atoms with Gasteiger partial charge in [0, 0.05) is 6.42 Å². The number of hydrogen-bond donors (Lipinski definition) is 0. The lowest BCUT2D eigenvalue weighted by Gasteiger charge is -2.19. The van der Waals surface area contributed by atoms with Gasteiger partial charge in [0.2, 0.25) is 0 Å². The van der Waals surface area contributed by atoms with Crippen molar-refractivity contribution in [3.05, 3.63) is 0 Å². The van der Waals surface area contributed by atoms with E-state index >= 15 is 0 Å². The SMILES string of the molecule is CCCCC1CCCCCCCC(=O)O1. The number of carbonyl (C=O) groups excluding carboxylic acids is 1. The largest absolute Gasteiger partial charge is 0.462 e. The molecule has 2 heteroatoms. The third kappa shape index (κ3) is 5.81. The maximum absolute atomic E-state index is 11.5. The minimum Gasteiger partial charge on any atom is -0.462 e. The predicted octanol–water partition coefficient (Wildman–Crippen LogP) is 3.83. The standard InChI is InChI=1S/C13H24O2/c1-2-3-9-12-10-7-5-4-6-8-11-13(14)15-12/h12H,2-11H2,1H3. The molecule has 2 nitrogen and oxygen atoms in total. The first kappa shape index (κ1) is 12.5. The van der Waals surface area contributed by atoms with E-state index in [4.69, 9.17) is 4.74 Å². The Hall–Kier alpha value is -0.530. The summed E-state index contributed by atoms with van der Waals surface area (Å²) in [6, 6.07) is 0. The van der Waals surface area contributed by atoms with Crippen molar-refractivity contribution in [2.24, 2.45) is 0 Å². The average Bonchev–Trinajstić information content (AvgIpc) is 2.24. The molecule has 0 aromatic carbocycles. The Kier molecular flexibility index (Phi) is 6.45. The fourth-order valence-electron chi connectivity index (χ4n) is 2.11. The summed E-state index contributed by atoms with van der Waals surface area (Å²) in [6.07, 6.45) is 11.3. The summed E-state index contributed by atoms with van der Waals surface area (Å²) in [4.78, 5) is 11.5. The second-order valence-corrected chi connectivity index (χ2v) is 4.56. The molecule has 0 N–H and O–H groups in total. The number of rotatable bonds is 3. The van der Waals surface area contributed by atoms with Crippen LogP contribution < -0.4 is 0 Å². The molecule has 1 aliphatic heterocycles. The maximum Gasteiger partial charge on any atom is 0.306 e. The molecule has 0 saturated carbocycles. The summed E-state index contributed by atoms with van der Waals surface area (Å²) in [5.41, 5.74) is 0. The van der Waals surface area contributed by atoms with E-state index in [2.05, 4.69) is 6.92 Å².